The summed E-state index contributed by atoms with van der Waals surface area (Å²) < 4.78 is 5.64. The van der Waals surface area contributed by atoms with Crippen molar-refractivity contribution in [2.45, 2.75) is 0 Å². The number of furan rings is 1. The van der Waals surface area contributed by atoms with Gasteiger partial charge in [0.1, 0.15) is 11.5 Å². The first kappa shape index (κ1) is 16.2. The Labute approximate surface area is 147 Å². The van der Waals surface area contributed by atoms with E-state index in [0.29, 0.717) is 27.1 Å². The average Bonchev–Trinajstić information content (AvgIpc) is 3.04. The lowest BCUT2D eigenvalue weighted by Crippen LogP contribution is -2.17. The summed E-state index contributed by atoms with van der Waals surface area (Å²) in [5.74, 6) is 0.728. The van der Waals surface area contributed by atoms with Gasteiger partial charge in [-0.2, -0.15) is 5.10 Å². The number of hydrogen-bond donors (Lipinski definition) is 1. The normalized spacial score (nSPS) is 10.9. The van der Waals surface area contributed by atoms with Crippen LogP contribution in [0.15, 0.2) is 64.4 Å². The van der Waals surface area contributed by atoms with E-state index in [1.165, 1.54) is 18.6 Å². The van der Waals surface area contributed by atoms with E-state index in [9.17, 15) is 4.79 Å². The minimum atomic E-state index is -0.332. The Hall–Kier alpha value is -2.63. The molecule has 2 heterocycles. The fourth-order valence-electron chi connectivity index (χ4n) is 1.98. The van der Waals surface area contributed by atoms with Gasteiger partial charge in [0.05, 0.1) is 11.2 Å². The Morgan fingerprint density at radius 2 is 1.92 bits per heavy atom. The Morgan fingerprint density at radius 3 is 2.67 bits per heavy atom. The predicted molar refractivity (Wildman–Crippen MR) is 93.5 cm³/mol. The second kappa shape index (κ2) is 7.29. The van der Waals surface area contributed by atoms with Crippen molar-refractivity contribution in [3.8, 4) is 11.3 Å². The molecule has 0 saturated carbocycles. The number of nitrogens with zero attached hydrogens (tertiary/aromatic N) is 2. The van der Waals surface area contributed by atoms with Crippen LogP contribution in [0.1, 0.15) is 16.1 Å². The van der Waals surface area contributed by atoms with Crippen molar-refractivity contribution in [2.24, 2.45) is 5.10 Å². The lowest BCUT2D eigenvalue weighted by molar-refractivity contribution is 0.0955. The van der Waals surface area contributed by atoms with E-state index in [2.05, 4.69) is 15.5 Å². The molecule has 1 aromatic carbocycles. The van der Waals surface area contributed by atoms with Gasteiger partial charge in [-0.3, -0.25) is 9.78 Å². The van der Waals surface area contributed by atoms with E-state index in [4.69, 9.17) is 27.6 Å². The highest BCUT2D eigenvalue weighted by molar-refractivity contribution is 6.36. The lowest BCUT2D eigenvalue weighted by Gasteiger charge is -2.00. The van der Waals surface area contributed by atoms with Crippen LogP contribution < -0.4 is 5.43 Å². The van der Waals surface area contributed by atoms with Crippen molar-refractivity contribution in [3.63, 3.8) is 0 Å². The van der Waals surface area contributed by atoms with Crippen molar-refractivity contribution < 1.29 is 9.21 Å². The van der Waals surface area contributed by atoms with E-state index in [1.54, 1.807) is 42.5 Å². The maximum atomic E-state index is 11.8. The number of carbonyl (C=O) groups is 1. The molecule has 0 radical (unpaired) electrons. The highest BCUT2D eigenvalue weighted by Crippen LogP contribution is 2.31. The molecule has 7 heteroatoms. The Bertz CT molecular complexity index is 892. The zero-order valence-corrected chi connectivity index (χ0v) is 13.8. The van der Waals surface area contributed by atoms with Crippen LogP contribution in [0.2, 0.25) is 10.0 Å². The number of rotatable bonds is 4. The summed E-state index contributed by atoms with van der Waals surface area (Å²) in [7, 11) is 0. The standard InChI is InChI=1S/C17H11Cl2N3O2/c18-12-1-3-14(15(19)9-12)16-4-2-13(24-16)10-21-22-17(23)11-5-7-20-8-6-11/h1-10H,(H,22,23)/b21-10-. The first-order valence-corrected chi connectivity index (χ1v) is 7.68. The number of aromatic nitrogens is 1. The summed E-state index contributed by atoms with van der Waals surface area (Å²) >= 11 is 12.0. The zero-order chi connectivity index (χ0) is 16.9. The third kappa shape index (κ3) is 3.82. The van der Waals surface area contributed by atoms with E-state index >= 15 is 0 Å². The first-order valence-electron chi connectivity index (χ1n) is 6.92. The van der Waals surface area contributed by atoms with E-state index in [0.717, 1.165) is 5.56 Å². The number of hydrazone groups is 1. The minimum absolute atomic E-state index is 0.332. The maximum absolute atomic E-state index is 11.8. The van der Waals surface area contributed by atoms with Gasteiger partial charge in [-0.05, 0) is 42.5 Å². The van der Waals surface area contributed by atoms with E-state index < -0.39 is 0 Å². The molecule has 0 aliphatic heterocycles. The Kier molecular flexibility index (Phi) is 4.93. The SMILES string of the molecule is O=C(N/N=C\c1ccc(-c2ccc(Cl)cc2Cl)o1)c1ccncc1. The van der Waals surface area contributed by atoms with E-state index in [1.807, 2.05) is 0 Å². The van der Waals surface area contributed by atoms with Crippen molar-refractivity contribution in [2.75, 3.05) is 0 Å². The quantitative estimate of drug-likeness (QED) is 0.554. The molecule has 0 atom stereocenters. The molecule has 0 spiro atoms. The first-order chi connectivity index (χ1) is 11.6. The van der Waals surface area contributed by atoms with Crippen LogP contribution in [0.5, 0.6) is 0 Å². The van der Waals surface area contributed by atoms with Crippen LogP contribution in [-0.4, -0.2) is 17.1 Å². The number of hydrogen-bond acceptors (Lipinski definition) is 4. The molecule has 24 heavy (non-hydrogen) atoms. The number of halogens is 2. The molecule has 0 fully saturated rings. The van der Waals surface area contributed by atoms with E-state index in [-0.39, 0.29) is 5.91 Å². The van der Waals surface area contributed by atoms with Crippen molar-refractivity contribution in [1.29, 1.82) is 0 Å². The molecular weight excluding hydrogens is 349 g/mol. The third-order valence-electron chi connectivity index (χ3n) is 3.12. The molecule has 5 nitrogen and oxygen atoms in total. The molecule has 0 saturated heterocycles. The third-order valence-corrected chi connectivity index (χ3v) is 3.67. The molecule has 1 N–H and O–H groups in total. The molecule has 0 unspecified atom stereocenters. The molecule has 0 bridgehead atoms. The fraction of sp³-hybridized carbons (Fsp3) is 0. The zero-order valence-electron chi connectivity index (χ0n) is 12.2. The highest BCUT2D eigenvalue weighted by Gasteiger charge is 2.08. The van der Waals surface area contributed by atoms with Crippen LogP contribution in [0, 0.1) is 0 Å². The monoisotopic (exact) mass is 359 g/mol. The predicted octanol–water partition coefficient (Wildman–Crippen LogP) is 4.41. The second-order valence-electron chi connectivity index (χ2n) is 4.76. The van der Waals surface area contributed by atoms with Crippen molar-refractivity contribution in [1.82, 2.24) is 10.4 Å². The van der Waals surface area contributed by atoms with Crippen LogP contribution in [-0.2, 0) is 0 Å². The second-order valence-corrected chi connectivity index (χ2v) is 5.60. The van der Waals surface area contributed by atoms with Gasteiger partial charge >= 0.3 is 0 Å². The fourth-order valence-corrected chi connectivity index (χ4v) is 2.48. The largest absolute Gasteiger partial charge is 0.455 e. The smallest absolute Gasteiger partial charge is 0.271 e. The summed E-state index contributed by atoms with van der Waals surface area (Å²) in [6.07, 6.45) is 4.48. The lowest BCUT2D eigenvalue weighted by atomic mass is 10.2. The summed E-state index contributed by atoms with van der Waals surface area (Å²) in [5, 5.41) is 4.91. The van der Waals surface area contributed by atoms with Gasteiger partial charge in [0.2, 0.25) is 0 Å². The molecule has 0 aliphatic carbocycles. The van der Waals surface area contributed by atoms with Gasteiger partial charge < -0.3 is 4.42 Å². The summed E-state index contributed by atoms with van der Waals surface area (Å²) in [4.78, 5) is 15.7. The summed E-state index contributed by atoms with van der Waals surface area (Å²) in [5.41, 5.74) is 3.61. The van der Waals surface area contributed by atoms with Crippen LogP contribution in [0.3, 0.4) is 0 Å². The molecule has 3 aromatic rings. The van der Waals surface area contributed by atoms with Crippen LogP contribution in [0.4, 0.5) is 0 Å². The summed E-state index contributed by atoms with van der Waals surface area (Å²) in [6, 6.07) is 11.8. The van der Waals surface area contributed by atoms with Gasteiger partial charge in [-0.25, -0.2) is 5.43 Å². The van der Waals surface area contributed by atoms with Crippen LogP contribution in [0.25, 0.3) is 11.3 Å². The van der Waals surface area contributed by atoms with Gasteiger partial charge in [-0.15, -0.1) is 0 Å². The molecule has 0 aliphatic rings. The topological polar surface area (TPSA) is 67.5 Å². The van der Waals surface area contributed by atoms with Crippen molar-refractivity contribution in [3.05, 3.63) is 76.2 Å². The van der Waals surface area contributed by atoms with Gasteiger partial charge in [0, 0.05) is 28.5 Å². The number of carbonyl (C=O) groups excluding carboxylic acids is 1. The maximum Gasteiger partial charge on any atom is 0.271 e. The Morgan fingerprint density at radius 1 is 1.12 bits per heavy atom. The molecule has 2 aromatic heterocycles. The summed E-state index contributed by atoms with van der Waals surface area (Å²) in [6.45, 7) is 0. The Balaban J connectivity index is 1.69. The number of benzene rings is 1. The van der Waals surface area contributed by atoms with Gasteiger partial charge in [-0.1, -0.05) is 23.2 Å². The number of pyridine rings is 1. The number of amides is 1. The van der Waals surface area contributed by atoms with Crippen LogP contribution >= 0.6 is 23.2 Å². The molecule has 3 rings (SSSR count). The minimum Gasteiger partial charge on any atom is -0.455 e. The van der Waals surface area contributed by atoms with Crippen molar-refractivity contribution >= 4 is 35.3 Å². The molecule has 1 amide bonds. The highest BCUT2D eigenvalue weighted by atomic mass is 35.5. The molecular formula is C17H11Cl2N3O2. The number of nitrogens with one attached hydrogen (secondary N) is 1. The molecule has 120 valence electrons. The van der Waals surface area contributed by atoms with Gasteiger partial charge in [0.15, 0.2) is 0 Å². The average molecular weight is 360 g/mol. The van der Waals surface area contributed by atoms with Gasteiger partial charge in [0.25, 0.3) is 5.91 Å².